The molecule has 30 heavy (non-hydrogen) atoms. The number of carbonyl (C=O) groups excluding carboxylic acids is 2. The first-order valence-electron chi connectivity index (χ1n) is 9.34. The number of benzene rings is 2. The molecule has 0 bridgehead atoms. The molecule has 7 nitrogen and oxygen atoms in total. The fourth-order valence-corrected chi connectivity index (χ4v) is 3.81. The van der Waals surface area contributed by atoms with Gasteiger partial charge < -0.3 is 9.90 Å². The Morgan fingerprint density at radius 3 is 2.37 bits per heavy atom. The highest BCUT2D eigenvalue weighted by atomic mass is 16.4. The number of aromatic nitrogens is 3. The number of pyridine rings is 1. The summed E-state index contributed by atoms with van der Waals surface area (Å²) in [5.41, 5.74) is 4.00. The molecule has 7 heteroatoms. The molecule has 0 saturated heterocycles. The maximum atomic E-state index is 13.3. The van der Waals surface area contributed by atoms with Crippen LogP contribution in [0.25, 0.3) is 11.3 Å². The Labute approximate surface area is 171 Å². The predicted octanol–water partition coefficient (Wildman–Crippen LogP) is 2.59. The third-order valence-corrected chi connectivity index (χ3v) is 5.16. The van der Waals surface area contributed by atoms with Crippen LogP contribution < -0.4 is 10.0 Å². The second kappa shape index (κ2) is 6.97. The molecular weight excluding hydrogens is 380 g/mol. The summed E-state index contributed by atoms with van der Waals surface area (Å²) in [7, 11) is 0. The minimum Gasteiger partial charge on any atom is -0.545 e. The molecule has 0 aliphatic carbocycles. The van der Waals surface area contributed by atoms with Gasteiger partial charge in [-0.25, -0.2) is 0 Å². The SMILES string of the molecule is O=C([O-])c1ccc(N2C(=O)c3[nH]nc(-c4ccccc4)c3[C@H]2c2ccccn2)cc1. The van der Waals surface area contributed by atoms with E-state index in [9.17, 15) is 14.7 Å². The van der Waals surface area contributed by atoms with Gasteiger partial charge in [-0.15, -0.1) is 0 Å². The smallest absolute Gasteiger partial charge is 0.277 e. The van der Waals surface area contributed by atoms with E-state index in [1.165, 1.54) is 12.1 Å². The van der Waals surface area contributed by atoms with Gasteiger partial charge >= 0.3 is 0 Å². The predicted molar refractivity (Wildman–Crippen MR) is 108 cm³/mol. The summed E-state index contributed by atoms with van der Waals surface area (Å²) in [6.07, 6.45) is 1.68. The number of amides is 1. The van der Waals surface area contributed by atoms with E-state index in [0.717, 1.165) is 11.1 Å². The maximum absolute atomic E-state index is 13.3. The van der Waals surface area contributed by atoms with Crippen LogP contribution in [-0.4, -0.2) is 27.1 Å². The first-order chi connectivity index (χ1) is 14.6. The Hall–Kier alpha value is -4.26. The number of nitrogens with one attached hydrogen (secondary N) is 1. The van der Waals surface area contributed by atoms with Crippen molar-refractivity contribution in [3.05, 3.63) is 102 Å². The highest BCUT2D eigenvalue weighted by Crippen LogP contribution is 2.44. The Kier molecular flexibility index (Phi) is 4.14. The maximum Gasteiger partial charge on any atom is 0.277 e. The van der Waals surface area contributed by atoms with E-state index in [-0.39, 0.29) is 11.5 Å². The zero-order valence-corrected chi connectivity index (χ0v) is 15.6. The number of anilines is 1. The minimum atomic E-state index is -1.27. The van der Waals surface area contributed by atoms with Crippen LogP contribution in [0.4, 0.5) is 5.69 Å². The number of aromatic amines is 1. The topological polar surface area (TPSA) is 102 Å². The molecule has 1 aliphatic rings. The third kappa shape index (κ3) is 2.76. The van der Waals surface area contributed by atoms with Crippen LogP contribution in [0.2, 0.25) is 0 Å². The van der Waals surface area contributed by atoms with Crippen LogP contribution in [0.15, 0.2) is 79.0 Å². The molecule has 2 aromatic heterocycles. The molecule has 0 saturated carbocycles. The van der Waals surface area contributed by atoms with E-state index in [4.69, 9.17) is 0 Å². The van der Waals surface area contributed by atoms with Gasteiger partial charge in [-0.2, -0.15) is 5.10 Å². The summed E-state index contributed by atoms with van der Waals surface area (Å²) in [6, 6.07) is 20.7. The number of rotatable bonds is 4. The standard InChI is InChI=1S/C23H16N4O3/c28-22-20-18(19(25-26-20)14-6-2-1-3-7-14)21(17-8-4-5-13-24-17)27(22)16-11-9-15(10-12-16)23(29)30/h1-13,21H,(H,25,26)(H,29,30)/p-1/t21-/m1/s1. The Bertz CT molecular complexity index is 1230. The zero-order valence-electron chi connectivity index (χ0n) is 15.6. The molecular formula is C23H15N4O3-. The van der Waals surface area contributed by atoms with Gasteiger partial charge in [0, 0.05) is 23.0 Å². The molecule has 1 aliphatic heterocycles. The monoisotopic (exact) mass is 395 g/mol. The van der Waals surface area contributed by atoms with Crippen LogP contribution in [-0.2, 0) is 0 Å². The average molecular weight is 395 g/mol. The Morgan fingerprint density at radius 2 is 1.70 bits per heavy atom. The van der Waals surface area contributed by atoms with Crippen LogP contribution in [0.3, 0.4) is 0 Å². The van der Waals surface area contributed by atoms with Gasteiger partial charge in [0.1, 0.15) is 11.7 Å². The lowest BCUT2D eigenvalue weighted by Gasteiger charge is -2.26. The minimum absolute atomic E-state index is 0.0462. The molecule has 5 rings (SSSR count). The summed E-state index contributed by atoms with van der Waals surface area (Å²) in [5, 5.41) is 18.4. The van der Waals surface area contributed by atoms with E-state index in [2.05, 4.69) is 15.2 Å². The fraction of sp³-hybridized carbons (Fsp3) is 0.0435. The van der Waals surface area contributed by atoms with Gasteiger partial charge in [-0.05, 0) is 29.8 Å². The molecule has 146 valence electrons. The number of nitrogens with zero attached hydrogens (tertiary/aromatic N) is 3. The lowest BCUT2D eigenvalue weighted by molar-refractivity contribution is -0.255. The molecule has 1 atom stereocenters. The van der Waals surface area contributed by atoms with Crippen molar-refractivity contribution in [2.24, 2.45) is 0 Å². The molecule has 0 unspecified atom stereocenters. The first-order valence-corrected chi connectivity index (χ1v) is 9.34. The fourth-order valence-electron chi connectivity index (χ4n) is 3.81. The third-order valence-electron chi connectivity index (χ3n) is 5.16. The summed E-state index contributed by atoms with van der Waals surface area (Å²) in [5.74, 6) is -1.52. The lowest BCUT2D eigenvalue weighted by Crippen LogP contribution is -2.30. The Balaban J connectivity index is 1.69. The molecule has 0 spiro atoms. The van der Waals surface area contributed by atoms with Crippen molar-refractivity contribution in [3.8, 4) is 11.3 Å². The van der Waals surface area contributed by atoms with E-state index in [1.807, 2.05) is 48.5 Å². The number of fused-ring (bicyclic) bond motifs is 1. The van der Waals surface area contributed by atoms with Gasteiger partial charge in [0.05, 0.1) is 17.4 Å². The van der Waals surface area contributed by atoms with Crippen molar-refractivity contribution in [2.75, 3.05) is 4.90 Å². The van der Waals surface area contributed by atoms with Crippen molar-refractivity contribution < 1.29 is 14.7 Å². The summed E-state index contributed by atoms with van der Waals surface area (Å²) >= 11 is 0. The highest BCUT2D eigenvalue weighted by molar-refractivity contribution is 6.11. The number of hydrogen-bond donors (Lipinski definition) is 1. The Morgan fingerprint density at radius 1 is 0.967 bits per heavy atom. The molecule has 3 heterocycles. The summed E-state index contributed by atoms with van der Waals surface area (Å²) in [4.78, 5) is 30.5. The van der Waals surface area contributed by atoms with Gasteiger partial charge in [0.15, 0.2) is 0 Å². The molecule has 0 fully saturated rings. The van der Waals surface area contributed by atoms with Crippen LogP contribution in [0, 0.1) is 0 Å². The van der Waals surface area contributed by atoms with Crippen molar-refractivity contribution >= 4 is 17.6 Å². The number of carboxylic acid groups (broad SMARTS) is 1. The summed E-state index contributed by atoms with van der Waals surface area (Å²) in [6.45, 7) is 0. The largest absolute Gasteiger partial charge is 0.545 e. The van der Waals surface area contributed by atoms with Gasteiger partial charge in [-0.1, -0.05) is 48.5 Å². The van der Waals surface area contributed by atoms with Crippen molar-refractivity contribution in [3.63, 3.8) is 0 Å². The number of carbonyl (C=O) groups is 2. The van der Waals surface area contributed by atoms with Crippen LogP contribution in [0.1, 0.15) is 38.1 Å². The lowest BCUT2D eigenvalue weighted by atomic mass is 9.99. The zero-order chi connectivity index (χ0) is 20.7. The molecule has 0 radical (unpaired) electrons. The van der Waals surface area contributed by atoms with E-state index < -0.39 is 12.0 Å². The molecule has 1 amide bonds. The van der Waals surface area contributed by atoms with Gasteiger partial charge in [0.2, 0.25) is 0 Å². The van der Waals surface area contributed by atoms with Crippen molar-refractivity contribution in [1.82, 2.24) is 15.2 Å². The molecule has 1 N–H and O–H groups in total. The molecule has 2 aromatic carbocycles. The second-order valence-corrected chi connectivity index (χ2v) is 6.89. The quantitative estimate of drug-likeness (QED) is 0.572. The number of carboxylic acids is 1. The van der Waals surface area contributed by atoms with E-state index in [1.54, 1.807) is 23.2 Å². The average Bonchev–Trinajstić information content (AvgIpc) is 3.34. The van der Waals surface area contributed by atoms with Crippen molar-refractivity contribution in [1.29, 1.82) is 0 Å². The highest BCUT2D eigenvalue weighted by Gasteiger charge is 2.43. The van der Waals surface area contributed by atoms with Crippen LogP contribution in [0.5, 0.6) is 0 Å². The van der Waals surface area contributed by atoms with E-state index in [0.29, 0.717) is 22.8 Å². The second-order valence-electron chi connectivity index (χ2n) is 6.89. The van der Waals surface area contributed by atoms with Crippen LogP contribution >= 0.6 is 0 Å². The van der Waals surface area contributed by atoms with Gasteiger partial charge in [0.25, 0.3) is 5.91 Å². The number of aromatic carboxylic acids is 1. The number of hydrogen-bond acceptors (Lipinski definition) is 5. The number of H-pyrrole nitrogens is 1. The van der Waals surface area contributed by atoms with Gasteiger partial charge in [-0.3, -0.25) is 19.8 Å². The molecule has 4 aromatic rings. The van der Waals surface area contributed by atoms with Crippen molar-refractivity contribution in [2.45, 2.75) is 6.04 Å². The summed E-state index contributed by atoms with van der Waals surface area (Å²) < 4.78 is 0. The first kappa shape index (κ1) is 17.8. The van der Waals surface area contributed by atoms with E-state index >= 15 is 0 Å². The normalized spacial score (nSPS) is 15.3.